The maximum absolute atomic E-state index is 5.77. The number of nitrogens with two attached hydrogens (primary N) is 1. The van der Waals surface area contributed by atoms with Gasteiger partial charge < -0.3 is 5.73 Å². The van der Waals surface area contributed by atoms with Crippen LogP contribution in [-0.2, 0) is 6.42 Å². The molecule has 1 aromatic heterocycles. The van der Waals surface area contributed by atoms with Crippen molar-refractivity contribution in [2.75, 3.05) is 19.6 Å². The molecule has 0 bridgehead atoms. The third-order valence-electron chi connectivity index (χ3n) is 4.44. The Balaban J connectivity index is 1.70. The highest BCUT2D eigenvalue weighted by atomic mass is 32.1. The van der Waals surface area contributed by atoms with Gasteiger partial charge in [-0.15, -0.1) is 11.3 Å². The molecule has 1 atom stereocenters. The Morgan fingerprint density at radius 3 is 2.88 bits per heavy atom. The molecule has 2 nitrogen and oxygen atoms in total. The molecule has 0 radical (unpaired) electrons. The molecule has 2 N–H and O–H groups in total. The van der Waals surface area contributed by atoms with Crippen molar-refractivity contribution in [2.45, 2.75) is 38.1 Å². The molecule has 1 aromatic rings. The molecule has 0 aromatic carbocycles. The number of aryl methyl sites for hydroxylation is 1. The molecule has 17 heavy (non-hydrogen) atoms. The normalized spacial score (nSPS) is 27.0. The molecule has 1 unspecified atom stereocenters. The smallest absolute Gasteiger partial charge is 0.0359 e. The van der Waals surface area contributed by atoms with E-state index in [-0.39, 0.29) is 0 Å². The molecule has 2 heterocycles. The van der Waals surface area contributed by atoms with E-state index in [1.807, 2.05) is 11.3 Å². The number of hydrogen-bond donors (Lipinski definition) is 1. The van der Waals surface area contributed by atoms with Crippen molar-refractivity contribution in [1.29, 1.82) is 0 Å². The Bertz CT molecular complexity index is 366. The van der Waals surface area contributed by atoms with Crippen LogP contribution in [0.2, 0.25) is 0 Å². The second-order valence-electron chi connectivity index (χ2n) is 5.42. The van der Waals surface area contributed by atoms with E-state index in [1.54, 1.807) is 10.4 Å². The summed E-state index contributed by atoms with van der Waals surface area (Å²) in [7, 11) is 0. The number of rotatable bonds is 2. The molecule has 94 valence electrons. The first-order valence-corrected chi connectivity index (χ1v) is 7.77. The predicted octanol–water partition coefficient (Wildman–Crippen LogP) is 2.80. The Morgan fingerprint density at radius 1 is 1.29 bits per heavy atom. The van der Waals surface area contributed by atoms with Crippen molar-refractivity contribution < 1.29 is 0 Å². The molecular weight excluding hydrogens is 228 g/mol. The predicted molar refractivity (Wildman–Crippen MR) is 73.3 cm³/mol. The molecule has 0 saturated carbocycles. The third kappa shape index (κ3) is 2.28. The Hall–Kier alpha value is -0.380. The number of hydrogen-bond acceptors (Lipinski definition) is 3. The lowest BCUT2D eigenvalue weighted by molar-refractivity contribution is 0.123. The van der Waals surface area contributed by atoms with E-state index in [0.717, 1.165) is 12.5 Å². The maximum atomic E-state index is 5.77. The summed E-state index contributed by atoms with van der Waals surface area (Å²) in [5, 5.41) is 2.27. The van der Waals surface area contributed by atoms with Gasteiger partial charge in [0.2, 0.25) is 0 Å². The van der Waals surface area contributed by atoms with Gasteiger partial charge >= 0.3 is 0 Å². The highest BCUT2D eigenvalue weighted by molar-refractivity contribution is 7.10. The van der Waals surface area contributed by atoms with Gasteiger partial charge in [-0.25, -0.2) is 0 Å². The van der Waals surface area contributed by atoms with E-state index in [1.165, 1.54) is 45.2 Å². The van der Waals surface area contributed by atoms with E-state index in [9.17, 15) is 0 Å². The fourth-order valence-corrected chi connectivity index (χ4v) is 4.32. The summed E-state index contributed by atoms with van der Waals surface area (Å²) in [6, 6.07) is 3.07. The minimum absolute atomic E-state index is 0.712. The second kappa shape index (κ2) is 5.09. The Kier molecular flexibility index (Phi) is 3.50. The lowest BCUT2D eigenvalue weighted by Crippen LogP contribution is -2.39. The van der Waals surface area contributed by atoms with Crippen LogP contribution in [0.4, 0.5) is 0 Å². The van der Waals surface area contributed by atoms with Gasteiger partial charge in [0.1, 0.15) is 0 Å². The number of likely N-dealkylation sites (tertiary alicyclic amines) is 1. The second-order valence-corrected chi connectivity index (χ2v) is 6.42. The summed E-state index contributed by atoms with van der Waals surface area (Å²) in [6.45, 7) is 3.38. The Labute approximate surface area is 108 Å². The zero-order valence-corrected chi connectivity index (χ0v) is 11.2. The minimum atomic E-state index is 0.712. The molecular formula is C14H22N2S. The highest BCUT2D eigenvalue weighted by Gasteiger charge is 2.29. The van der Waals surface area contributed by atoms with Crippen LogP contribution in [0.5, 0.6) is 0 Å². The van der Waals surface area contributed by atoms with Gasteiger partial charge in [0.25, 0.3) is 0 Å². The lowest BCUT2D eigenvalue weighted by Gasteiger charge is -2.39. The summed E-state index contributed by atoms with van der Waals surface area (Å²) in [5.41, 5.74) is 7.40. The number of nitrogens with zero attached hydrogens (tertiary/aromatic N) is 1. The van der Waals surface area contributed by atoms with Crippen LogP contribution < -0.4 is 5.73 Å². The standard InChI is InChI=1S/C14H22N2S/c15-10-11-4-7-16(8-5-11)13-2-1-3-14-12(13)6-9-17-14/h6,9,11,13H,1-5,7-8,10,15H2. The van der Waals surface area contributed by atoms with Crippen molar-refractivity contribution in [3.63, 3.8) is 0 Å². The van der Waals surface area contributed by atoms with Crippen molar-refractivity contribution in [3.05, 3.63) is 21.9 Å². The molecule has 0 amide bonds. The first-order chi connectivity index (χ1) is 8.38. The first kappa shape index (κ1) is 11.7. The molecule has 3 rings (SSSR count). The van der Waals surface area contributed by atoms with Crippen molar-refractivity contribution in [2.24, 2.45) is 11.7 Å². The van der Waals surface area contributed by atoms with Crippen LogP contribution in [0.15, 0.2) is 11.4 Å². The zero-order chi connectivity index (χ0) is 11.7. The van der Waals surface area contributed by atoms with Crippen molar-refractivity contribution in [3.8, 4) is 0 Å². The van der Waals surface area contributed by atoms with E-state index in [0.29, 0.717) is 6.04 Å². The average Bonchev–Trinajstić information content (AvgIpc) is 2.87. The maximum Gasteiger partial charge on any atom is 0.0359 e. The topological polar surface area (TPSA) is 29.3 Å². The minimum Gasteiger partial charge on any atom is -0.330 e. The third-order valence-corrected chi connectivity index (χ3v) is 5.44. The molecule has 3 heteroatoms. The van der Waals surface area contributed by atoms with Crippen LogP contribution in [-0.4, -0.2) is 24.5 Å². The lowest BCUT2D eigenvalue weighted by atomic mass is 9.89. The van der Waals surface area contributed by atoms with Gasteiger partial charge in [0, 0.05) is 10.9 Å². The summed E-state index contributed by atoms with van der Waals surface area (Å²) in [5.74, 6) is 0.775. The fraction of sp³-hybridized carbons (Fsp3) is 0.714. The van der Waals surface area contributed by atoms with Gasteiger partial charge in [-0.05, 0) is 74.7 Å². The number of thiophene rings is 1. The first-order valence-electron chi connectivity index (χ1n) is 6.89. The summed E-state index contributed by atoms with van der Waals surface area (Å²) < 4.78 is 0. The van der Waals surface area contributed by atoms with Gasteiger partial charge in [-0.1, -0.05) is 0 Å². The van der Waals surface area contributed by atoms with Crippen molar-refractivity contribution >= 4 is 11.3 Å². The van der Waals surface area contributed by atoms with E-state index in [2.05, 4.69) is 16.3 Å². The monoisotopic (exact) mass is 250 g/mol. The van der Waals surface area contributed by atoms with Crippen molar-refractivity contribution in [1.82, 2.24) is 4.90 Å². The number of piperidine rings is 1. The van der Waals surface area contributed by atoms with Crippen LogP contribution >= 0.6 is 11.3 Å². The molecule has 0 spiro atoms. The molecule has 2 aliphatic rings. The fourth-order valence-electron chi connectivity index (χ4n) is 3.34. The molecule has 1 saturated heterocycles. The van der Waals surface area contributed by atoms with E-state index in [4.69, 9.17) is 5.73 Å². The van der Waals surface area contributed by atoms with Gasteiger partial charge in [0.05, 0.1) is 0 Å². The number of fused-ring (bicyclic) bond motifs is 1. The molecule has 1 aliphatic heterocycles. The molecule has 1 aliphatic carbocycles. The van der Waals surface area contributed by atoms with Gasteiger partial charge in [0.15, 0.2) is 0 Å². The quantitative estimate of drug-likeness (QED) is 0.874. The SMILES string of the molecule is NCC1CCN(C2CCCc3sccc32)CC1. The Morgan fingerprint density at radius 2 is 2.12 bits per heavy atom. The van der Waals surface area contributed by atoms with E-state index < -0.39 is 0 Å². The van der Waals surface area contributed by atoms with Gasteiger partial charge in [-0.2, -0.15) is 0 Å². The summed E-state index contributed by atoms with van der Waals surface area (Å²) in [4.78, 5) is 4.35. The van der Waals surface area contributed by atoms with Crippen LogP contribution in [0, 0.1) is 5.92 Å². The van der Waals surface area contributed by atoms with Crippen LogP contribution in [0.1, 0.15) is 42.2 Å². The van der Waals surface area contributed by atoms with E-state index >= 15 is 0 Å². The summed E-state index contributed by atoms with van der Waals surface area (Å²) in [6.07, 6.45) is 6.63. The van der Waals surface area contributed by atoms with Gasteiger partial charge in [-0.3, -0.25) is 4.90 Å². The summed E-state index contributed by atoms with van der Waals surface area (Å²) >= 11 is 1.95. The highest BCUT2D eigenvalue weighted by Crippen LogP contribution is 2.38. The average molecular weight is 250 g/mol. The zero-order valence-electron chi connectivity index (χ0n) is 10.4. The van der Waals surface area contributed by atoms with Crippen LogP contribution in [0.25, 0.3) is 0 Å². The van der Waals surface area contributed by atoms with Crippen LogP contribution in [0.3, 0.4) is 0 Å². The molecule has 1 fully saturated rings. The largest absolute Gasteiger partial charge is 0.330 e.